The minimum Gasteiger partial charge on any atom is -0.481 e. The summed E-state index contributed by atoms with van der Waals surface area (Å²) >= 11 is 5.96. The Hall–Kier alpha value is -1.68. The van der Waals surface area contributed by atoms with Crippen molar-refractivity contribution < 1.29 is 4.74 Å². The van der Waals surface area contributed by atoms with Crippen molar-refractivity contribution in [2.24, 2.45) is 17.8 Å². The van der Waals surface area contributed by atoms with E-state index in [1.54, 1.807) is 11.8 Å². The van der Waals surface area contributed by atoms with E-state index in [-0.39, 0.29) is 24.0 Å². The van der Waals surface area contributed by atoms with Gasteiger partial charge < -0.3 is 20.3 Å². The molecule has 3 rings (SSSR count). The number of aliphatic imine (C=N–C) groups is 1. The fourth-order valence-corrected chi connectivity index (χ4v) is 3.35. The summed E-state index contributed by atoms with van der Waals surface area (Å²) in [5, 5.41) is 5.13. The first-order valence-corrected chi connectivity index (χ1v) is 8.99. The Morgan fingerprint density at radius 1 is 1.22 bits per heavy atom. The standard InChI is InChI=1S/C18H25ClN6O.HI/c1-13-16(17(26-3)23(2)22-13)12-21-18(20)25-10-8-24(9-11-25)15-6-4-14(19)5-7-15;/h4-7H,8-12H2,1-3H3,(H2,20,21);1H. The van der Waals surface area contributed by atoms with Crippen molar-refractivity contribution in [3.8, 4) is 5.88 Å². The van der Waals surface area contributed by atoms with Crippen LogP contribution in [0, 0.1) is 6.92 Å². The maximum atomic E-state index is 6.22. The lowest BCUT2D eigenvalue weighted by molar-refractivity contribution is 0.368. The summed E-state index contributed by atoms with van der Waals surface area (Å²) in [4.78, 5) is 9.00. The van der Waals surface area contributed by atoms with Gasteiger partial charge in [0.2, 0.25) is 5.88 Å². The predicted molar refractivity (Wildman–Crippen MR) is 120 cm³/mol. The van der Waals surface area contributed by atoms with Gasteiger partial charge in [0.1, 0.15) is 0 Å². The van der Waals surface area contributed by atoms with E-state index in [1.807, 2.05) is 38.2 Å². The van der Waals surface area contributed by atoms with E-state index in [1.165, 1.54) is 5.69 Å². The number of halogens is 2. The zero-order chi connectivity index (χ0) is 18.7. The van der Waals surface area contributed by atoms with Crippen LogP contribution in [0.3, 0.4) is 0 Å². The van der Waals surface area contributed by atoms with Crippen LogP contribution in [0.1, 0.15) is 11.3 Å². The molecular weight excluding hydrogens is 479 g/mol. The van der Waals surface area contributed by atoms with E-state index in [9.17, 15) is 0 Å². The van der Waals surface area contributed by atoms with Crippen LogP contribution in [0.4, 0.5) is 5.69 Å². The molecule has 1 aromatic carbocycles. The lowest BCUT2D eigenvalue weighted by atomic mass is 10.2. The fourth-order valence-electron chi connectivity index (χ4n) is 3.22. The Kier molecular flexibility index (Phi) is 7.60. The first kappa shape index (κ1) is 21.6. The third-order valence-electron chi connectivity index (χ3n) is 4.68. The molecule has 2 N–H and O–H groups in total. The maximum absolute atomic E-state index is 6.22. The lowest BCUT2D eigenvalue weighted by Crippen LogP contribution is -2.51. The Bertz CT molecular complexity index is 784. The van der Waals surface area contributed by atoms with Gasteiger partial charge in [0.15, 0.2) is 5.96 Å². The number of aromatic nitrogens is 2. The van der Waals surface area contributed by atoms with E-state index >= 15 is 0 Å². The van der Waals surface area contributed by atoms with Crippen LogP contribution in [-0.4, -0.2) is 53.9 Å². The maximum Gasteiger partial charge on any atom is 0.216 e. The van der Waals surface area contributed by atoms with Crippen LogP contribution in [0.25, 0.3) is 0 Å². The van der Waals surface area contributed by atoms with Gasteiger partial charge in [-0.15, -0.1) is 24.0 Å². The van der Waals surface area contributed by atoms with Gasteiger partial charge in [-0.05, 0) is 31.2 Å². The number of nitrogens with zero attached hydrogens (tertiary/aromatic N) is 5. The molecule has 7 nitrogen and oxygen atoms in total. The van der Waals surface area contributed by atoms with Gasteiger partial charge in [-0.25, -0.2) is 9.67 Å². The first-order valence-electron chi connectivity index (χ1n) is 8.61. The second kappa shape index (κ2) is 9.50. The number of nitrogens with two attached hydrogens (primary N) is 1. The van der Waals surface area contributed by atoms with E-state index < -0.39 is 0 Å². The Labute approximate surface area is 182 Å². The number of rotatable bonds is 4. The average Bonchev–Trinajstić information content (AvgIpc) is 2.93. The topological polar surface area (TPSA) is 71.9 Å². The summed E-state index contributed by atoms with van der Waals surface area (Å²) in [7, 11) is 3.50. The van der Waals surface area contributed by atoms with Gasteiger partial charge in [0.05, 0.1) is 24.9 Å². The predicted octanol–water partition coefficient (Wildman–Crippen LogP) is 2.65. The number of hydrogen-bond acceptors (Lipinski definition) is 4. The molecule has 1 aliphatic rings. The van der Waals surface area contributed by atoms with E-state index in [0.29, 0.717) is 12.5 Å². The summed E-state index contributed by atoms with van der Waals surface area (Å²) in [6.07, 6.45) is 0. The van der Waals surface area contributed by atoms with Crippen molar-refractivity contribution in [3.63, 3.8) is 0 Å². The minimum absolute atomic E-state index is 0. The van der Waals surface area contributed by atoms with Gasteiger partial charge in [0, 0.05) is 43.9 Å². The molecule has 0 amide bonds. The van der Waals surface area contributed by atoms with Crippen LogP contribution in [-0.2, 0) is 13.6 Å². The molecule has 1 aromatic heterocycles. The number of aryl methyl sites for hydroxylation is 2. The minimum atomic E-state index is 0. The highest BCUT2D eigenvalue weighted by Gasteiger charge is 2.19. The summed E-state index contributed by atoms with van der Waals surface area (Å²) in [5.41, 5.74) is 9.28. The number of anilines is 1. The van der Waals surface area contributed by atoms with Crippen molar-refractivity contribution in [1.29, 1.82) is 0 Å². The molecule has 0 bridgehead atoms. The summed E-state index contributed by atoms with van der Waals surface area (Å²) in [6.45, 7) is 5.88. The molecule has 2 aromatic rings. The average molecular weight is 505 g/mol. The second-order valence-corrected chi connectivity index (χ2v) is 6.76. The van der Waals surface area contributed by atoms with Gasteiger partial charge >= 0.3 is 0 Å². The van der Waals surface area contributed by atoms with Crippen LogP contribution in [0.2, 0.25) is 5.02 Å². The van der Waals surface area contributed by atoms with Gasteiger partial charge in [-0.3, -0.25) is 0 Å². The Morgan fingerprint density at radius 3 is 2.44 bits per heavy atom. The van der Waals surface area contributed by atoms with E-state index in [2.05, 4.69) is 19.9 Å². The van der Waals surface area contributed by atoms with Crippen molar-refractivity contribution in [1.82, 2.24) is 14.7 Å². The fraction of sp³-hybridized carbons (Fsp3) is 0.444. The number of hydrogen-bond donors (Lipinski definition) is 1. The Morgan fingerprint density at radius 2 is 1.85 bits per heavy atom. The van der Waals surface area contributed by atoms with Crippen molar-refractivity contribution >= 4 is 47.2 Å². The smallest absolute Gasteiger partial charge is 0.216 e. The van der Waals surface area contributed by atoms with Crippen LogP contribution >= 0.6 is 35.6 Å². The second-order valence-electron chi connectivity index (χ2n) is 6.32. The summed E-state index contributed by atoms with van der Waals surface area (Å²) in [6, 6.07) is 7.94. The van der Waals surface area contributed by atoms with Crippen molar-refractivity contribution in [3.05, 3.63) is 40.5 Å². The molecule has 0 atom stereocenters. The van der Waals surface area contributed by atoms with E-state index in [0.717, 1.165) is 48.3 Å². The molecule has 27 heavy (non-hydrogen) atoms. The van der Waals surface area contributed by atoms with E-state index in [4.69, 9.17) is 22.1 Å². The molecule has 0 aliphatic carbocycles. The van der Waals surface area contributed by atoms with Crippen molar-refractivity contribution in [2.75, 3.05) is 38.2 Å². The quantitative estimate of drug-likeness (QED) is 0.394. The van der Waals surface area contributed by atoms with Gasteiger partial charge in [-0.1, -0.05) is 11.6 Å². The van der Waals surface area contributed by atoms with Crippen LogP contribution in [0.5, 0.6) is 5.88 Å². The summed E-state index contributed by atoms with van der Waals surface area (Å²) in [5.74, 6) is 1.29. The number of piperazine rings is 1. The molecule has 1 fully saturated rings. The zero-order valence-corrected chi connectivity index (χ0v) is 18.9. The number of guanidine groups is 1. The summed E-state index contributed by atoms with van der Waals surface area (Å²) < 4.78 is 7.13. The van der Waals surface area contributed by atoms with Gasteiger partial charge in [0.25, 0.3) is 0 Å². The molecule has 0 radical (unpaired) electrons. The highest BCUT2D eigenvalue weighted by atomic mass is 127. The van der Waals surface area contributed by atoms with Crippen molar-refractivity contribution in [2.45, 2.75) is 13.5 Å². The SMILES string of the molecule is COc1c(CN=C(N)N2CCN(c3ccc(Cl)cc3)CC2)c(C)nn1C.I. The van der Waals surface area contributed by atoms with Gasteiger partial charge in [-0.2, -0.15) is 5.10 Å². The normalized spacial score (nSPS) is 14.9. The van der Waals surface area contributed by atoms with Crippen LogP contribution in [0.15, 0.2) is 29.3 Å². The molecular formula is C18H26ClIN6O. The lowest BCUT2D eigenvalue weighted by Gasteiger charge is -2.36. The van der Waals surface area contributed by atoms with Crippen LogP contribution < -0.4 is 15.4 Å². The molecule has 1 saturated heterocycles. The Balaban J connectivity index is 0.00000261. The molecule has 0 saturated carbocycles. The largest absolute Gasteiger partial charge is 0.481 e. The molecule has 1 aliphatic heterocycles. The molecule has 0 spiro atoms. The monoisotopic (exact) mass is 504 g/mol. The molecule has 9 heteroatoms. The third-order valence-corrected chi connectivity index (χ3v) is 4.93. The first-order chi connectivity index (χ1) is 12.5. The molecule has 0 unspecified atom stereocenters. The third kappa shape index (κ3) is 4.98. The highest BCUT2D eigenvalue weighted by molar-refractivity contribution is 14.0. The molecule has 2 heterocycles. The highest BCUT2D eigenvalue weighted by Crippen LogP contribution is 2.22. The number of benzene rings is 1. The zero-order valence-electron chi connectivity index (χ0n) is 15.9. The number of ether oxygens (including phenoxy) is 1. The molecule has 148 valence electrons. The number of methoxy groups -OCH3 is 1.